The van der Waals surface area contributed by atoms with Crippen molar-refractivity contribution in [1.82, 2.24) is 4.90 Å². The summed E-state index contributed by atoms with van der Waals surface area (Å²) in [6.07, 6.45) is 0. The Kier molecular flexibility index (Phi) is 5.08. The number of amides is 2. The monoisotopic (exact) mass is 284 g/mol. The van der Waals surface area contributed by atoms with E-state index in [0.717, 1.165) is 0 Å². The van der Waals surface area contributed by atoms with Crippen molar-refractivity contribution in [3.8, 4) is 0 Å². The summed E-state index contributed by atoms with van der Waals surface area (Å²) in [5.41, 5.74) is -0.927. The molecule has 0 radical (unpaired) electrons. The molecule has 0 saturated carbocycles. The fraction of sp³-hybridized carbons (Fsp3) is 0.538. The highest BCUT2D eigenvalue weighted by Gasteiger charge is 2.23. The lowest BCUT2D eigenvalue weighted by Gasteiger charge is -2.27. The summed E-state index contributed by atoms with van der Waals surface area (Å²) in [5, 5.41) is 13.1. The number of carbonyl (C=O) groups excluding carboxylic acids is 2. The van der Waals surface area contributed by atoms with Crippen molar-refractivity contribution < 1.29 is 14.7 Å². The molecular weight excluding hydrogens is 264 g/mol. The van der Waals surface area contributed by atoms with Gasteiger partial charge in [-0.2, -0.15) is 0 Å². The molecule has 1 aromatic heterocycles. The number of thiophene rings is 1. The predicted octanol–water partition coefficient (Wildman–Crippen LogP) is 1.94. The van der Waals surface area contributed by atoms with Crippen LogP contribution in [0.25, 0.3) is 0 Å². The Balaban J connectivity index is 2.80. The van der Waals surface area contributed by atoms with Gasteiger partial charge in [-0.1, -0.05) is 0 Å². The van der Waals surface area contributed by atoms with Gasteiger partial charge in [0.05, 0.1) is 15.5 Å². The SMILES string of the molecule is CCN(CC(C)(C)O)C(=O)c1ccc(NC(C)=O)s1. The molecule has 1 rings (SSSR count). The van der Waals surface area contributed by atoms with Gasteiger partial charge in [0.15, 0.2) is 0 Å². The average molecular weight is 284 g/mol. The third-order valence-electron chi connectivity index (χ3n) is 2.36. The molecule has 0 saturated heterocycles. The van der Waals surface area contributed by atoms with Crippen LogP contribution in [0, 0.1) is 0 Å². The van der Waals surface area contributed by atoms with Crippen LogP contribution in [0.3, 0.4) is 0 Å². The molecule has 6 heteroatoms. The maximum absolute atomic E-state index is 12.3. The number of rotatable bonds is 5. The molecule has 19 heavy (non-hydrogen) atoms. The Morgan fingerprint density at radius 2 is 2.05 bits per heavy atom. The minimum Gasteiger partial charge on any atom is -0.389 e. The summed E-state index contributed by atoms with van der Waals surface area (Å²) in [6.45, 7) is 7.42. The number of aliphatic hydroxyl groups is 1. The van der Waals surface area contributed by atoms with Gasteiger partial charge < -0.3 is 15.3 Å². The zero-order valence-electron chi connectivity index (χ0n) is 11.7. The molecule has 1 aromatic rings. The second-order valence-electron chi connectivity index (χ2n) is 4.98. The number of hydrogen-bond donors (Lipinski definition) is 2. The highest BCUT2D eigenvalue weighted by atomic mass is 32.1. The first-order chi connectivity index (χ1) is 8.73. The summed E-state index contributed by atoms with van der Waals surface area (Å²) >= 11 is 1.23. The quantitative estimate of drug-likeness (QED) is 0.868. The van der Waals surface area contributed by atoms with Crippen LogP contribution in [0.15, 0.2) is 12.1 Å². The number of nitrogens with one attached hydrogen (secondary N) is 1. The Morgan fingerprint density at radius 1 is 1.42 bits per heavy atom. The van der Waals surface area contributed by atoms with E-state index in [4.69, 9.17) is 0 Å². The number of hydrogen-bond acceptors (Lipinski definition) is 4. The van der Waals surface area contributed by atoms with Gasteiger partial charge in [0.2, 0.25) is 5.91 Å². The van der Waals surface area contributed by atoms with Crippen LogP contribution < -0.4 is 5.32 Å². The molecule has 0 spiro atoms. The van der Waals surface area contributed by atoms with Gasteiger partial charge in [-0.15, -0.1) is 11.3 Å². The molecule has 2 amide bonds. The van der Waals surface area contributed by atoms with Gasteiger partial charge in [0.25, 0.3) is 5.91 Å². The van der Waals surface area contributed by atoms with Crippen LogP contribution in [0.5, 0.6) is 0 Å². The maximum Gasteiger partial charge on any atom is 0.264 e. The minimum atomic E-state index is -0.927. The van der Waals surface area contributed by atoms with Crippen molar-refractivity contribution >= 4 is 28.2 Å². The minimum absolute atomic E-state index is 0.133. The van der Waals surface area contributed by atoms with E-state index in [2.05, 4.69) is 5.32 Å². The van der Waals surface area contributed by atoms with Gasteiger partial charge in [0.1, 0.15) is 0 Å². The first-order valence-corrected chi connectivity index (χ1v) is 6.93. The lowest BCUT2D eigenvalue weighted by atomic mass is 10.1. The third kappa shape index (κ3) is 5.00. The molecule has 106 valence electrons. The Hall–Kier alpha value is -1.40. The number of likely N-dealkylation sites (N-methyl/N-ethyl adjacent to an activating group) is 1. The maximum atomic E-state index is 12.3. The molecule has 0 aliphatic carbocycles. The molecular formula is C13H20N2O3S. The molecule has 0 aliphatic heterocycles. The van der Waals surface area contributed by atoms with Crippen LogP contribution in [0.1, 0.15) is 37.4 Å². The smallest absolute Gasteiger partial charge is 0.264 e. The number of carbonyl (C=O) groups is 2. The van der Waals surface area contributed by atoms with Crippen molar-refractivity contribution in [2.45, 2.75) is 33.3 Å². The van der Waals surface area contributed by atoms with E-state index in [-0.39, 0.29) is 18.4 Å². The van der Waals surface area contributed by atoms with Crippen LogP contribution in [0.4, 0.5) is 5.00 Å². The standard InChI is InChI=1S/C13H20N2O3S/c1-5-15(8-13(3,4)18)12(17)10-6-7-11(19-10)14-9(2)16/h6-7,18H,5,8H2,1-4H3,(H,14,16). The fourth-order valence-electron chi connectivity index (χ4n) is 1.64. The summed E-state index contributed by atoms with van der Waals surface area (Å²) < 4.78 is 0. The van der Waals surface area contributed by atoms with Crippen molar-refractivity contribution in [2.75, 3.05) is 18.4 Å². The normalized spacial score (nSPS) is 11.2. The van der Waals surface area contributed by atoms with E-state index in [9.17, 15) is 14.7 Å². The van der Waals surface area contributed by atoms with E-state index in [1.54, 1.807) is 30.9 Å². The first-order valence-electron chi connectivity index (χ1n) is 6.12. The number of anilines is 1. The van der Waals surface area contributed by atoms with Crippen LogP contribution in [0.2, 0.25) is 0 Å². The Morgan fingerprint density at radius 3 is 2.53 bits per heavy atom. The zero-order valence-corrected chi connectivity index (χ0v) is 12.5. The lowest BCUT2D eigenvalue weighted by molar-refractivity contribution is -0.114. The van der Waals surface area contributed by atoms with E-state index in [0.29, 0.717) is 16.4 Å². The summed E-state index contributed by atoms with van der Waals surface area (Å²) in [6, 6.07) is 3.39. The van der Waals surface area contributed by atoms with E-state index in [1.807, 2.05) is 6.92 Å². The molecule has 0 aliphatic rings. The van der Waals surface area contributed by atoms with Gasteiger partial charge in [0, 0.05) is 20.0 Å². The molecule has 2 N–H and O–H groups in total. The second-order valence-corrected chi connectivity index (χ2v) is 6.06. The van der Waals surface area contributed by atoms with Crippen molar-refractivity contribution in [2.24, 2.45) is 0 Å². The zero-order chi connectivity index (χ0) is 14.6. The summed E-state index contributed by atoms with van der Waals surface area (Å²) in [4.78, 5) is 25.3. The van der Waals surface area contributed by atoms with Gasteiger partial charge in [-0.3, -0.25) is 9.59 Å². The molecule has 0 fully saturated rings. The second kappa shape index (κ2) is 6.16. The van der Waals surface area contributed by atoms with Crippen molar-refractivity contribution in [3.05, 3.63) is 17.0 Å². The van der Waals surface area contributed by atoms with E-state index >= 15 is 0 Å². The fourth-order valence-corrected chi connectivity index (χ4v) is 2.56. The Labute approximate surface area is 117 Å². The highest BCUT2D eigenvalue weighted by molar-refractivity contribution is 7.18. The van der Waals surface area contributed by atoms with Crippen molar-refractivity contribution in [1.29, 1.82) is 0 Å². The van der Waals surface area contributed by atoms with Crippen LogP contribution >= 0.6 is 11.3 Å². The molecule has 1 heterocycles. The van der Waals surface area contributed by atoms with Gasteiger partial charge in [-0.25, -0.2) is 0 Å². The summed E-state index contributed by atoms with van der Waals surface area (Å²) in [7, 11) is 0. The highest BCUT2D eigenvalue weighted by Crippen LogP contribution is 2.23. The predicted molar refractivity (Wildman–Crippen MR) is 76.5 cm³/mol. The largest absolute Gasteiger partial charge is 0.389 e. The van der Waals surface area contributed by atoms with Crippen LogP contribution in [-0.2, 0) is 4.79 Å². The topological polar surface area (TPSA) is 69.6 Å². The average Bonchev–Trinajstić information content (AvgIpc) is 2.71. The van der Waals surface area contributed by atoms with Gasteiger partial charge >= 0.3 is 0 Å². The van der Waals surface area contributed by atoms with Crippen molar-refractivity contribution in [3.63, 3.8) is 0 Å². The summed E-state index contributed by atoms with van der Waals surface area (Å²) in [5.74, 6) is -0.295. The Bertz CT molecular complexity index is 463. The molecule has 0 bridgehead atoms. The third-order valence-corrected chi connectivity index (χ3v) is 3.35. The first kappa shape index (κ1) is 15.7. The molecule has 0 atom stereocenters. The molecule has 5 nitrogen and oxygen atoms in total. The van der Waals surface area contributed by atoms with Gasteiger partial charge in [-0.05, 0) is 32.9 Å². The van der Waals surface area contributed by atoms with E-state index in [1.165, 1.54) is 18.3 Å². The molecule has 0 unspecified atom stereocenters. The van der Waals surface area contributed by atoms with E-state index < -0.39 is 5.60 Å². The number of nitrogens with zero attached hydrogens (tertiary/aromatic N) is 1. The molecule has 0 aromatic carbocycles. The lowest BCUT2D eigenvalue weighted by Crippen LogP contribution is -2.41. The van der Waals surface area contributed by atoms with Crippen LogP contribution in [-0.4, -0.2) is 40.5 Å².